The lowest BCUT2D eigenvalue weighted by Gasteiger charge is -2.15. The number of aromatic nitrogens is 2. The molecule has 0 saturated carbocycles. The van der Waals surface area contributed by atoms with Gasteiger partial charge in [-0.25, -0.2) is 14.2 Å². The number of carboxylic acid groups (broad SMARTS) is 1. The Kier molecular flexibility index (Phi) is 7.82. The molecule has 0 aliphatic carbocycles. The third kappa shape index (κ3) is 5.81. The zero-order valence-corrected chi connectivity index (χ0v) is 19.5. The number of methoxy groups -OCH3 is 1. The fourth-order valence-electron chi connectivity index (χ4n) is 3.67. The minimum absolute atomic E-state index is 0.0853. The lowest BCUT2D eigenvalue weighted by molar-refractivity contribution is 0.0692. The van der Waals surface area contributed by atoms with Crippen molar-refractivity contribution in [1.29, 1.82) is 0 Å². The van der Waals surface area contributed by atoms with Crippen molar-refractivity contribution >= 4 is 22.8 Å². The molecular weight excluding hydrogens is 465 g/mol. The molecule has 0 aliphatic rings. The molecule has 1 amide bonds. The Labute approximate surface area is 206 Å². The second-order valence-electron chi connectivity index (χ2n) is 8.01. The Morgan fingerprint density at radius 2 is 1.75 bits per heavy atom. The van der Waals surface area contributed by atoms with Crippen molar-refractivity contribution in [2.45, 2.75) is 13.0 Å². The third-order valence-corrected chi connectivity index (χ3v) is 5.41. The molecule has 4 aromatic rings. The molecule has 0 unspecified atom stereocenters. The number of hydrogen-bond acceptors (Lipinski definition) is 6. The Bertz CT molecular complexity index is 1380. The van der Waals surface area contributed by atoms with E-state index in [2.05, 4.69) is 15.3 Å². The third-order valence-electron chi connectivity index (χ3n) is 5.41. The molecule has 36 heavy (non-hydrogen) atoms. The van der Waals surface area contributed by atoms with Crippen molar-refractivity contribution < 1.29 is 28.6 Å². The standard InChI is InChI=1S/C27H24FN3O5/c1-35-12-11-29-26(32)24-25(36-16-18-5-3-2-4-6-18)22-21(23(31-24)27(33)34)14-19(15-30-22)13-17-7-9-20(28)10-8-17/h2-10,14-15H,11-13,16H2,1H3,(H,29,32)(H,33,34). The molecule has 8 nitrogen and oxygen atoms in total. The van der Waals surface area contributed by atoms with Gasteiger partial charge in [0.25, 0.3) is 5.91 Å². The Hall–Kier alpha value is -4.37. The second kappa shape index (κ2) is 11.4. The van der Waals surface area contributed by atoms with Crippen LogP contribution in [0.5, 0.6) is 5.75 Å². The number of fused-ring (bicyclic) bond motifs is 1. The molecule has 0 radical (unpaired) electrons. The fraction of sp³-hybridized carbons (Fsp3) is 0.185. The first kappa shape index (κ1) is 24.7. The highest BCUT2D eigenvalue weighted by molar-refractivity contribution is 6.07. The van der Waals surface area contributed by atoms with Crippen molar-refractivity contribution in [2.24, 2.45) is 0 Å². The second-order valence-corrected chi connectivity index (χ2v) is 8.01. The monoisotopic (exact) mass is 489 g/mol. The minimum Gasteiger partial charge on any atom is -0.484 e. The van der Waals surface area contributed by atoms with Crippen LogP contribution in [0, 0.1) is 5.82 Å². The number of hydrogen-bond donors (Lipinski definition) is 2. The number of rotatable bonds is 10. The van der Waals surface area contributed by atoms with Crippen molar-refractivity contribution in [3.8, 4) is 5.75 Å². The number of pyridine rings is 2. The molecule has 9 heteroatoms. The van der Waals surface area contributed by atoms with Gasteiger partial charge in [0.2, 0.25) is 0 Å². The van der Waals surface area contributed by atoms with Gasteiger partial charge in [-0.1, -0.05) is 42.5 Å². The molecule has 0 bridgehead atoms. The minimum atomic E-state index is -1.30. The summed E-state index contributed by atoms with van der Waals surface area (Å²) in [6.07, 6.45) is 1.99. The van der Waals surface area contributed by atoms with Crippen LogP contribution >= 0.6 is 0 Å². The number of carbonyl (C=O) groups is 2. The molecule has 4 rings (SSSR count). The van der Waals surface area contributed by atoms with Crippen LogP contribution < -0.4 is 10.1 Å². The van der Waals surface area contributed by atoms with Crippen LogP contribution in [0.4, 0.5) is 4.39 Å². The quantitative estimate of drug-likeness (QED) is 0.324. The number of nitrogens with one attached hydrogen (secondary N) is 1. The largest absolute Gasteiger partial charge is 0.484 e. The van der Waals surface area contributed by atoms with Crippen LogP contribution in [0.3, 0.4) is 0 Å². The summed E-state index contributed by atoms with van der Waals surface area (Å²) in [5.74, 6) is -2.16. The van der Waals surface area contributed by atoms with E-state index >= 15 is 0 Å². The van der Waals surface area contributed by atoms with Gasteiger partial charge >= 0.3 is 5.97 Å². The van der Waals surface area contributed by atoms with Crippen LogP contribution in [0.2, 0.25) is 0 Å². The van der Waals surface area contributed by atoms with E-state index in [9.17, 15) is 19.1 Å². The summed E-state index contributed by atoms with van der Waals surface area (Å²) >= 11 is 0. The molecule has 0 atom stereocenters. The average molecular weight is 490 g/mol. The van der Waals surface area contributed by atoms with Crippen molar-refractivity contribution in [3.63, 3.8) is 0 Å². The zero-order chi connectivity index (χ0) is 25.5. The number of carboxylic acids is 1. The highest BCUT2D eigenvalue weighted by Gasteiger charge is 2.25. The molecule has 2 aromatic heterocycles. The van der Waals surface area contributed by atoms with Gasteiger partial charge in [-0.2, -0.15) is 0 Å². The summed E-state index contributed by atoms with van der Waals surface area (Å²) in [7, 11) is 1.50. The van der Waals surface area contributed by atoms with Crippen molar-refractivity contribution in [2.75, 3.05) is 20.3 Å². The van der Waals surface area contributed by atoms with Crippen LogP contribution in [0.15, 0.2) is 66.9 Å². The van der Waals surface area contributed by atoms with Crippen molar-refractivity contribution in [3.05, 3.63) is 101 Å². The molecular formula is C27H24FN3O5. The number of amides is 1. The summed E-state index contributed by atoms with van der Waals surface area (Å²) in [5.41, 5.74) is 2.10. The molecule has 2 heterocycles. The van der Waals surface area contributed by atoms with Crippen molar-refractivity contribution in [1.82, 2.24) is 15.3 Å². The first-order chi connectivity index (χ1) is 17.5. The Morgan fingerprint density at radius 1 is 1.00 bits per heavy atom. The summed E-state index contributed by atoms with van der Waals surface area (Å²) < 4.78 is 24.3. The van der Waals surface area contributed by atoms with Crippen LogP contribution in [-0.4, -0.2) is 47.2 Å². The van der Waals surface area contributed by atoms with E-state index in [-0.39, 0.29) is 53.6 Å². The van der Waals surface area contributed by atoms with E-state index in [0.717, 1.165) is 11.1 Å². The molecule has 2 N–H and O–H groups in total. The highest BCUT2D eigenvalue weighted by Crippen LogP contribution is 2.31. The molecule has 0 saturated heterocycles. The lowest BCUT2D eigenvalue weighted by Crippen LogP contribution is -2.29. The zero-order valence-electron chi connectivity index (χ0n) is 19.5. The first-order valence-electron chi connectivity index (χ1n) is 11.2. The topological polar surface area (TPSA) is 111 Å². The van der Waals surface area contributed by atoms with E-state index in [1.807, 2.05) is 30.3 Å². The number of carbonyl (C=O) groups excluding carboxylic acids is 1. The van der Waals surface area contributed by atoms with Gasteiger partial charge < -0.3 is 19.9 Å². The number of benzene rings is 2. The van der Waals surface area contributed by atoms with Gasteiger partial charge in [-0.15, -0.1) is 0 Å². The number of ether oxygens (including phenoxy) is 2. The van der Waals surface area contributed by atoms with Crippen LogP contribution in [0.25, 0.3) is 10.9 Å². The maximum absolute atomic E-state index is 13.3. The van der Waals surface area contributed by atoms with E-state index in [0.29, 0.717) is 12.0 Å². The van der Waals surface area contributed by atoms with E-state index < -0.39 is 11.9 Å². The van der Waals surface area contributed by atoms with Gasteiger partial charge in [0.05, 0.1) is 6.61 Å². The Morgan fingerprint density at radius 3 is 2.44 bits per heavy atom. The Balaban J connectivity index is 1.79. The van der Waals surface area contributed by atoms with E-state index in [4.69, 9.17) is 9.47 Å². The van der Waals surface area contributed by atoms with E-state index in [1.165, 1.54) is 19.2 Å². The number of halogens is 1. The smallest absolute Gasteiger partial charge is 0.355 e. The molecule has 0 fully saturated rings. The van der Waals surface area contributed by atoms with Crippen LogP contribution in [-0.2, 0) is 17.8 Å². The molecule has 0 aliphatic heterocycles. The number of nitrogens with zero attached hydrogens (tertiary/aromatic N) is 2. The molecule has 2 aromatic carbocycles. The molecule has 0 spiro atoms. The summed E-state index contributed by atoms with van der Waals surface area (Å²) in [5, 5.41) is 12.8. The predicted molar refractivity (Wildman–Crippen MR) is 131 cm³/mol. The molecule has 184 valence electrons. The van der Waals surface area contributed by atoms with Gasteiger partial charge in [-0.05, 0) is 41.3 Å². The van der Waals surface area contributed by atoms with Gasteiger partial charge in [0.15, 0.2) is 17.1 Å². The SMILES string of the molecule is COCCNC(=O)c1nc(C(=O)O)c2cc(Cc3ccc(F)cc3)cnc2c1OCc1ccccc1. The summed E-state index contributed by atoms with van der Waals surface area (Å²) in [4.78, 5) is 33.7. The summed E-state index contributed by atoms with van der Waals surface area (Å²) in [6.45, 7) is 0.608. The normalized spacial score (nSPS) is 10.8. The number of aromatic carboxylic acids is 1. The van der Waals surface area contributed by atoms with E-state index in [1.54, 1.807) is 24.4 Å². The van der Waals surface area contributed by atoms with Crippen LogP contribution in [0.1, 0.15) is 37.7 Å². The van der Waals surface area contributed by atoms with Gasteiger partial charge in [0.1, 0.15) is 17.9 Å². The lowest BCUT2D eigenvalue weighted by atomic mass is 10.0. The van der Waals surface area contributed by atoms with Gasteiger partial charge in [0, 0.05) is 25.2 Å². The van der Waals surface area contributed by atoms with Gasteiger partial charge in [-0.3, -0.25) is 9.78 Å². The highest BCUT2D eigenvalue weighted by atomic mass is 19.1. The fourth-order valence-corrected chi connectivity index (χ4v) is 3.67. The first-order valence-corrected chi connectivity index (χ1v) is 11.2. The predicted octanol–water partition coefficient (Wildman–Crippen LogP) is 4.01. The maximum Gasteiger partial charge on any atom is 0.355 e. The maximum atomic E-state index is 13.3. The average Bonchev–Trinajstić information content (AvgIpc) is 2.88. The summed E-state index contributed by atoms with van der Waals surface area (Å²) in [6, 6.07) is 17.0.